The smallest absolute Gasteiger partial charge is 0.408 e. The molecule has 0 spiro atoms. The molecule has 18 nitrogen and oxygen atoms in total. The highest BCUT2D eigenvalue weighted by atomic mass is 16.6. The number of rotatable bonds is 20. The van der Waals surface area contributed by atoms with Gasteiger partial charge < -0.3 is 40.2 Å². The summed E-state index contributed by atoms with van der Waals surface area (Å²) in [6.07, 6.45) is -1.03. The molecule has 5 N–H and O–H groups in total. The summed E-state index contributed by atoms with van der Waals surface area (Å²) < 4.78 is 16.0. The van der Waals surface area contributed by atoms with Crippen molar-refractivity contribution in [1.29, 1.82) is 0 Å². The van der Waals surface area contributed by atoms with Crippen molar-refractivity contribution in [2.75, 3.05) is 13.6 Å². The van der Waals surface area contributed by atoms with Crippen LogP contribution in [0.25, 0.3) is 0 Å². The van der Waals surface area contributed by atoms with Crippen molar-refractivity contribution in [2.24, 2.45) is 5.92 Å². The van der Waals surface area contributed by atoms with E-state index in [1.807, 2.05) is 30.3 Å². The molecule has 0 heterocycles. The highest BCUT2D eigenvalue weighted by molar-refractivity contribution is 5.99. The SMILES string of the molecule is CC[C@H](C)[C@H](NC(=O)OCc1ccccc1)C(=O)N[C@@H](CCC(=O)OC(C)(C)C)C(=O)N[C@H](C(=O)NN(CC(=O)OC(C)(C)C)C(=O)/C=C/C(=O)N(C)Cc1ccccc1)[C@@H](C)O. The van der Waals surface area contributed by atoms with Gasteiger partial charge in [-0.05, 0) is 71.9 Å². The minimum absolute atomic E-state index is 0.0768. The van der Waals surface area contributed by atoms with E-state index in [-0.39, 0.29) is 26.0 Å². The van der Waals surface area contributed by atoms with Crippen LogP contribution in [-0.2, 0) is 60.9 Å². The minimum atomic E-state index is -1.81. The van der Waals surface area contributed by atoms with Crippen LogP contribution in [0.15, 0.2) is 72.8 Å². The lowest BCUT2D eigenvalue weighted by Crippen LogP contribution is -2.61. The number of hydrogen-bond donors (Lipinski definition) is 5. The number of benzene rings is 2. The summed E-state index contributed by atoms with van der Waals surface area (Å²) in [7, 11) is 1.52. The van der Waals surface area contributed by atoms with Gasteiger partial charge in [0.15, 0.2) is 0 Å². The third kappa shape index (κ3) is 20.4. The van der Waals surface area contributed by atoms with Gasteiger partial charge in [-0.15, -0.1) is 0 Å². The number of esters is 2. The Morgan fingerprint density at radius 2 is 1.24 bits per heavy atom. The first kappa shape index (κ1) is 52.8. The molecular weight excluding hydrogens is 817 g/mol. The van der Waals surface area contributed by atoms with Crippen LogP contribution in [-0.4, -0.2) is 112 Å². The van der Waals surface area contributed by atoms with Crippen LogP contribution < -0.4 is 21.4 Å². The second-order valence-corrected chi connectivity index (χ2v) is 17.0. The Labute approximate surface area is 369 Å². The van der Waals surface area contributed by atoms with Gasteiger partial charge in [-0.1, -0.05) is 80.9 Å². The molecule has 0 aliphatic rings. The zero-order valence-corrected chi connectivity index (χ0v) is 37.9. The Morgan fingerprint density at radius 3 is 1.78 bits per heavy atom. The molecule has 346 valence electrons. The number of nitrogens with one attached hydrogen (secondary N) is 4. The Hall–Kier alpha value is -6.30. The molecule has 5 atom stereocenters. The van der Waals surface area contributed by atoms with Crippen LogP contribution in [0.2, 0.25) is 0 Å². The van der Waals surface area contributed by atoms with Crippen molar-refractivity contribution in [2.45, 2.75) is 130 Å². The van der Waals surface area contributed by atoms with E-state index in [9.17, 15) is 43.5 Å². The second-order valence-electron chi connectivity index (χ2n) is 17.0. The summed E-state index contributed by atoms with van der Waals surface area (Å²) in [6, 6.07) is 13.4. The first-order chi connectivity index (χ1) is 29.4. The molecule has 2 aromatic carbocycles. The molecule has 2 aromatic rings. The van der Waals surface area contributed by atoms with Gasteiger partial charge in [-0.3, -0.25) is 39.0 Å². The van der Waals surface area contributed by atoms with Crippen molar-refractivity contribution in [3.8, 4) is 0 Å². The number of hydrazine groups is 1. The van der Waals surface area contributed by atoms with Gasteiger partial charge in [0.2, 0.25) is 17.7 Å². The van der Waals surface area contributed by atoms with Crippen LogP contribution in [0.5, 0.6) is 0 Å². The molecule has 0 saturated heterocycles. The molecule has 63 heavy (non-hydrogen) atoms. The van der Waals surface area contributed by atoms with Crippen LogP contribution in [0.4, 0.5) is 4.79 Å². The molecule has 0 fully saturated rings. The van der Waals surface area contributed by atoms with Crippen LogP contribution >= 0.6 is 0 Å². The molecule has 2 rings (SSSR count). The van der Waals surface area contributed by atoms with Crippen LogP contribution in [0, 0.1) is 5.92 Å². The number of ether oxygens (including phenoxy) is 3. The van der Waals surface area contributed by atoms with Crippen molar-refractivity contribution in [1.82, 2.24) is 31.3 Å². The fraction of sp³-hybridized carbons (Fsp3) is 0.511. The third-order valence-corrected chi connectivity index (χ3v) is 8.96. The van der Waals surface area contributed by atoms with E-state index in [1.165, 1.54) is 18.9 Å². The zero-order valence-electron chi connectivity index (χ0n) is 37.9. The number of hydrogen-bond acceptors (Lipinski definition) is 12. The maximum absolute atomic E-state index is 14.0. The van der Waals surface area contributed by atoms with E-state index in [0.717, 1.165) is 17.7 Å². The number of alkyl carbamates (subject to hydrolysis) is 1. The van der Waals surface area contributed by atoms with Gasteiger partial charge >= 0.3 is 18.0 Å². The Kier molecular flexibility index (Phi) is 20.9. The average molecular weight is 881 g/mol. The van der Waals surface area contributed by atoms with E-state index >= 15 is 0 Å². The fourth-order valence-electron chi connectivity index (χ4n) is 5.61. The maximum atomic E-state index is 14.0. The van der Waals surface area contributed by atoms with Gasteiger partial charge in [0.25, 0.3) is 11.8 Å². The summed E-state index contributed by atoms with van der Waals surface area (Å²) in [4.78, 5) is 108. The largest absolute Gasteiger partial charge is 0.460 e. The molecular formula is C45H64N6O12. The molecule has 0 unspecified atom stereocenters. The lowest BCUT2D eigenvalue weighted by atomic mass is 9.97. The van der Waals surface area contributed by atoms with E-state index in [0.29, 0.717) is 17.0 Å². The summed E-state index contributed by atoms with van der Waals surface area (Å²) in [5.74, 6) is -6.72. The Morgan fingerprint density at radius 1 is 0.698 bits per heavy atom. The monoisotopic (exact) mass is 880 g/mol. The standard InChI is InChI=1S/C45H64N6O12/c1-11-29(2)38(48-43(60)61-28-32-20-16-13-17-21-32)41(58)46-33(22-25-36(55)62-44(4,5)6)40(57)47-39(30(3)52)42(59)49-51(27-37(56)63-45(7,8)9)35(54)24-23-34(53)50(10)26-31-18-14-12-15-19-31/h12-21,23-24,29-30,33,38-39,52H,11,22,25-28H2,1-10H3,(H,46,58)(H,47,57)(H,48,60)(H,49,59)/b24-23+/t29-,30+,33-,38-,39-/m0/s1. The lowest BCUT2D eigenvalue weighted by molar-refractivity contribution is -0.161. The molecule has 0 radical (unpaired) electrons. The molecule has 0 bridgehead atoms. The van der Waals surface area contributed by atoms with Crippen LogP contribution in [0.3, 0.4) is 0 Å². The van der Waals surface area contributed by atoms with E-state index in [1.54, 1.807) is 85.7 Å². The maximum Gasteiger partial charge on any atom is 0.408 e. The molecule has 0 aliphatic heterocycles. The zero-order chi connectivity index (χ0) is 47.5. The van der Waals surface area contributed by atoms with E-state index < -0.39 is 95.5 Å². The van der Waals surface area contributed by atoms with Gasteiger partial charge in [0.1, 0.15) is 42.5 Å². The number of aliphatic hydroxyl groups excluding tert-OH is 1. The Balaban J connectivity index is 2.36. The van der Waals surface area contributed by atoms with Gasteiger partial charge in [-0.25, -0.2) is 9.80 Å². The van der Waals surface area contributed by atoms with E-state index in [2.05, 4.69) is 21.4 Å². The predicted octanol–water partition coefficient (Wildman–Crippen LogP) is 3.22. The number of nitrogens with zero attached hydrogens (tertiary/aromatic N) is 2. The number of carbonyl (C=O) groups is 8. The van der Waals surface area contributed by atoms with E-state index in [4.69, 9.17) is 14.2 Å². The van der Waals surface area contributed by atoms with Gasteiger partial charge in [-0.2, -0.15) is 0 Å². The lowest BCUT2D eigenvalue weighted by Gasteiger charge is -2.29. The molecule has 6 amide bonds. The average Bonchev–Trinajstić information content (AvgIpc) is 3.20. The topological polar surface area (TPSA) is 239 Å². The van der Waals surface area contributed by atoms with Crippen molar-refractivity contribution < 1.29 is 57.7 Å². The van der Waals surface area contributed by atoms with Crippen molar-refractivity contribution in [3.63, 3.8) is 0 Å². The highest BCUT2D eigenvalue weighted by Crippen LogP contribution is 2.14. The first-order valence-electron chi connectivity index (χ1n) is 20.7. The summed E-state index contributed by atoms with van der Waals surface area (Å²) in [5, 5.41) is 18.8. The third-order valence-electron chi connectivity index (χ3n) is 8.96. The summed E-state index contributed by atoms with van der Waals surface area (Å²) >= 11 is 0. The normalized spacial score (nSPS) is 13.8. The molecule has 18 heteroatoms. The van der Waals surface area contributed by atoms with Crippen molar-refractivity contribution >= 4 is 47.6 Å². The van der Waals surface area contributed by atoms with Crippen molar-refractivity contribution in [3.05, 3.63) is 83.9 Å². The van der Waals surface area contributed by atoms with Gasteiger partial charge in [0.05, 0.1) is 6.10 Å². The summed E-state index contributed by atoms with van der Waals surface area (Å²) in [5.41, 5.74) is 1.91. The molecule has 0 saturated carbocycles. The number of likely N-dealkylation sites (N-methyl/N-ethyl adjacent to an activating group) is 1. The first-order valence-corrected chi connectivity index (χ1v) is 20.7. The quantitative estimate of drug-likeness (QED) is 0.0558. The number of amides is 6. The van der Waals surface area contributed by atoms with Crippen LogP contribution in [0.1, 0.15) is 92.7 Å². The van der Waals surface area contributed by atoms with Gasteiger partial charge in [0, 0.05) is 32.2 Å². The highest BCUT2D eigenvalue weighted by Gasteiger charge is 2.35. The second kappa shape index (κ2) is 25.0. The molecule has 0 aliphatic carbocycles. The fourth-order valence-corrected chi connectivity index (χ4v) is 5.61. The predicted molar refractivity (Wildman–Crippen MR) is 231 cm³/mol. The summed E-state index contributed by atoms with van der Waals surface area (Å²) in [6.45, 7) is 13.7. The molecule has 0 aromatic heterocycles. The minimum Gasteiger partial charge on any atom is -0.460 e. The number of carbonyl (C=O) groups excluding carboxylic acids is 8. The Bertz CT molecular complexity index is 1890. The number of aliphatic hydroxyl groups is 1.